The first-order valence-electron chi connectivity index (χ1n) is 11.7. The lowest BCUT2D eigenvalue weighted by Crippen LogP contribution is -2.45. The molecule has 2 aromatic rings. The number of likely N-dealkylation sites (N-methyl/N-ethyl adjacent to an activating group) is 1. The summed E-state index contributed by atoms with van der Waals surface area (Å²) < 4.78 is 38.2. The minimum absolute atomic E-state index is 0.0796. The third kappa shape index (κ3) is 5.99. The maximum absolute atomic E-state index is 13.1. The number of nitrogens with zero attached hydrogens (tertiary/aromatic N) is 5. The fourth-order valence-electron chi connectivity index (χ4n) is 4.56. The first-order chi connectivity index (χ1) is 17.1. The summed E-state index contributed by atoms with van der Waals surface area (Å²) in [5.74, 6) is 0.427. The lowest BCUT2D eigenvalue weighted by atomic mass is 9.82. The molecule has 1 saturated heterocycles. The Morgan fingerprint density at radius 2 is 1.78 bits per heavy atom. The highest BCUT2D eigenvalue weighted by atomic mass is 32.2. The van der Waals surface area contributed by atoms with Gasteiger partial charge >= 0.3 is 0 Å². The Labute approximate surface area is 212 Å². The van der Waals surface area contributed by atoms with Gasteiger partial charge in [-0.15, -0.1) is 0 Å². The van der Waals surface area contributed by atoms with Crippen LogP contribution in [0, 0.1) is 13.8 Å². The molecular formula is C25H33N5O5S. The number of hydrogen-bond acceptors (Lipinski definition) is 6. The number of benzene rings is 2. The molecule has 194 valence electrons. The van der Waals surface area contributed by atoms with Crippen LogP contribution >= 0.6 is 0 Å². The van der Waals surface area contributed by atoms with Gasteiger partial charge in [0, 0.05) is 31.6 Å². The van der Waals surface area contributed by atoms with Crippen molar-refractivity contribution >= 4 is 15.9 Å². The maximum Gasteiger partial charge on any atom is 0.248 e. The van der Waals surface area contributed by atoms with E-state index >= 15 is 0 Å². The molecule has 0 bridgehead atoms. The molecule has 0 aromatic heterocycles. The number of sulfonamides is 1. The van der Waals surface area contributed by atoms with Gasteiger partial charge < -0.3 is 14.4 Å². The van der Waals surface area contributed by atoms with E-state index in [2.05, 4.69) is 10.0 Å². The molecule has 1 heterocycles. The summed E-state index contributed by atoms with van der Waals surface area (Å²) in [6.07, 6.45) is 1.04. The predicted molar refractivity (Wildman–Crippen MR) is 136 cm³/mol. The standard InChI is InChI=1S/C25H33N5O5S/c1-19-16-22(34-4)17-20(2)24(19)36(32,33)29(3)14-15-35-18-23(31)30-12-10-25(11-13-30,27-28-26)21-8-6-5-7-9-21/h5-9,16-17H,10-15,18H2,1-4H3. The molecule has 36 heavy (non-hydrogen) atoms. The topological polar surface area (TPSA) is 125 Å². The predicted octanol–water partition coefficient (Wildman–Crippen LogP) is 3.78. The maximum atomic E-state index is 13.1. The van der Waals surface area contributed by atoms with Crippen LogP contribution in [0.5, 0.6) is 5.75 Å². The van der Waals surface area contributed by atoms with Gasteiger partial charge in [-0.1, -0.05) is 35.4 Å². The molecule has 1 aliphatic rings. The Bertz CT molecular complexity index is 1200. The molecular weight excluding hydrogens is 482 g/mol. The number of amides is 1. The quantitative estimate of drug-likeness (QED) is 0.206. The van der Waals surface area contributed by atoms with Crippen molar-refractivity contribution < 1.29 is 22.7 Å². The van der Waals surface area contributed by atoms with Gasteiger partial charge in [0.15, 0.2) is 0 Å². The molecule has 10 nitrogen and oxygen atoms in total. The molecule has 0 unspecified atom stereocenters. The molecule has 0 atom stereocenters. The zero-order valence-electron chi connectivity index (χ0n) is 21.2. The highest BCUT2D eigenvalue weighted by molar-refractivity contribution is 7.89. The van der Waals surface area contributed by atoms with Gasteiger partial charge in [-0.25, -0.2) is 8.42 Å². The van der Waals surface area contributed by atoms with E-state index < -0.39 is 15.6 Å². The second-order valence-electron chi connectivity index (χ2n) is 8.94. The third-order valence-electron chi connectivity index (χ3n) is 6.60. The lowest BCUT2D eigenvalue weighted by molar-refractivity contribution is -0.137. The van der Waals surface area contributed by atoms with Gasteiger partial charge in [0.25, 0.3) is 0 Å². The number of piperidine rings is 1. The van der Waals surface area contributed by atoms with Crippen LogP contribution in [-0.4, -0.2) is 70.5 Å². The lowest BCUT2D eigenvalue weighted by Gasteiger charge is -2.39. The molecule has 1 aliphatic heterocycles. The van der Waals surface area contributed by atoms with Crippen molar-refractivity contribution in [2.75, 3.05) is 47.0 Å². The Balaban J connectivity index is 1.51. The molecule has 3 rings (SSSR count). The second-order valence-corrected chi connectivity index (χ2v) is 10.9. The van der Waals surface area contributed by atoms with Crippen molar-refractivity contribution in [1.29, 1.82) is 0 Å². The van der Waals surface area contributed by atoms with Crippen molar-refractivity contribution in [2.45, 2.75) is 37.1 Å². The first-order valence-corrected chi connectivity index (χ1v) is 13.2. The smallest absolute Gasteiger partial charge is 0.248 e. The Hall–Kier alpha value is -3.11. The minimum atomic E-state index is -3.73. The van der Waals surface area contributed by atoms with Crippen molar-refractivity contribution in [1.82, 2.24) is 9.21 Å². The van der Waals surface area contributed by atoms with Gasteiger partial charge in [0.1, 0.15) is 12.4 Å². The van der Waals surface area contributed by atoms with Crippen LogP contribution in [0.15, 0.2) is 52.5 Å². The van der Waals surface area contributed by atoms with E-state index in [0.29, 0.717) is 42.8 Å². The van der Waals surface area contributed by atoms with Crippen LogP contribution in [0.25, 0.3) is 10.4 Å². The van der Waals surface area contributed by atoms with Crippen LogP contribution in [0.2, 0.25) is 0 Å². The van der Waals surface area contributed by atoms with Gasteiger partial charge in [0.2, 0.25) is 15.9 Å². The van der Waals surface area contributed by atoms with Crippen LogP contribution < -0.4 is 4.74 Å². The van der Waals surface area contributed by atoms with Gasteiger partial charge in [-0.3, -0.25) is 4.79 Å². The minimum Gasteiger partial charge on any atom is -0.497 e. The Morgan fingerprint density at radius 1 is 1.17 bits per heavy atom. The van der Waals surface area contributed by atoms with E-state index in [9.17, 15) is 13.2 Å². The number of aryl methyl sites for hydroxylation is 2. The van der Waals surface area contributed by atoms with Crippen molar-refractivity contribution in [2.24, 2.45) is 5.11 Å². The summed E-state index contributed by atoms with van der Waals surface area (Å²) in [5, 5.41) is 4.09. The fourth-order valence-corrected chi connectivity index (χ4v) is 6.12. The summed E-state index contributed by atoms with van der Waals surface area (Å²) in [5.41, 5.74) is 10.6. The van der Waals surface area contributed by atoms with Gasteiger partial charge in [0.05, 0.1) is 24.2 Å². The largest absolute Gasteiger partial charge is 0.497 e. The number of carbonyl (C=O) groups is 1. The highest BCUT2D eigenvalue weighted by Crippen LogP contribution is 2.37. The normalized spacial score (nSPS) is 15.4. The van der Waals surface area contributed by atoms with Crippen LogP contribution in [0.1, 0.15) is 29.5 Å². The van der Waals surface area contributed by atoms with E-state index in [-0.39, 0.29) is 30.6 Å². The summed E-state index contributed by atoms with van der Waals surface area (Å²) in [7, 11) is -0.697. The van der Waals surface area contributed by atoms with E-state index in [0.717, 1.165) is 5.56 Å². The summed E-state index contributed by atoms with van der Waals surface area (Å²) >= 11 is 0. The molecule has 2 aromatic carbocycles. The average Bonchev–Trinajstić information content (AvgIpc) is 2.86. The molecule has 0 N–H and O–H groups in total. The van der Waals surface area contributed by atoms with E-state index in [1.54, 1.807) is 30.9 Å². The highest BCUT2D eigenvalue weighted by Gasteiger charge is 2.36. The molecule has 0 aliphatic carbocycles. The van der Waals surface area contributed by atoms with Crippen LogP contribution in [0.4, 0.5) is 0 Å². The number of azide groups is 1. The zero-order chi connectivity index (χ0) is 26.3. The number of rotatable bonds is 10. The molecule has 0 spiro atoms. The molecule has 11 heteroatoms. The molecule has 1 fully saturated rings. The average molecular weight is 516 g/mol. The number of hydrogen-bond donors (Lipinski definition) is 0. The van der Waals surface area contributed by atoms with Crippen LogP contribution in [0.3, 0.4) is 0 Å². The van der Waals surface area contributed by atoms with Crippen molar-refractivity contribution in [3.63, 3.8) is 0 Å². The van der Waals surface area contributed by atoms with Crippen molar-refractivity contribution in [3.05, 3.63) is 69.6 Å². The molecule has 0 saturated carbocycles. The Morgan fingerprint density at radius 3 is 2.33 bits per heavy atom. The summed E-state index contributed by atoms with van der Waals surface area (Å²) in [6, 6.07) is 13.0. The SMILES string of the molecule is COc1cc(C)c(S(=O)(=O)N(C)CCOCC(=O)N2CCC(N=[N+]=[N-])(c3ccccc3)CC2)c(C)c1. The number of carbonyl (C=O) groups excluding carboxylic acids is 1. The number of methoxy groups -OCH3 is 1. The zero-order valence-corrected chi connectivity index (χ0v) is 22.0. The molecule has 1 amide bonds. The van der Waals surface area contributed by atoms with Crippen molar-refractivity contribution in [3.8, 4) is 5.75 Å². The fraction of sp³-hybridized carbons (Fsp3) is 0.480. The van der Waals surface area contributed by atoms with E-state index in [1.165, 1.54) is 18.5 Å². The van der Waals surface area contributed by atoms with Gasteiger partial charge in [-0.2, -0.15) is 4.31 Å². The third-order valence-corrected chi connectivity index (χ3v) is 8.77. The first kappa shape index (κ1) is 27.5. The monoisotopic (exact) mass is 515 g/mol. The number of likely N-dealkylation sites (tertiary alicyclic amines) is 1. The summed E-state index contributed by atoms with van der Waals surface area (Å²) in [6.45, 7) is 4.40. The van der Waals surface area contributed by atoms with E-state index in [1.807, 2.05) is 30.3 Å². The number of ether oxygens (including phenoxy) is 2. The van der Waals surface area contributed by atoms with Crippen LogP contribution in [-0.2, 0) is 25.1 Å². The summed E-state index contributed by atoms with van der Waals surface area (Å²) in [4.78, 5) is 17.7. The Kier molecular flexibility index (Phi) is 8.97. The van der Waals surface area contributed by atoms with E-state index in [4.69, 9.17) is 15.0 Å². The molecule has 0 radical (unpaired) electrons. The second kappa shape index (κ2) is 11.7. The van der Waals surface area contributed by atoms with Gasteiger partial charge in [-0.05, 0) is 61.0 Å².